The molecular weight excluding hydrogens is 257 g/mol. The van der Waals surface area contributed by atoms with Crippen LogP contribution in [0.25, 0.3) is 0 Å². The molecular formula is C16H18FNS. The Hall–Kier alpha value is -1.32. The van der Waals surface area contributed by atoms with Crippen LogP contribution in [0.3, 0.4) is 0 Å². The van der Waals surface area contributed by atoms with Gasteiger partial charge in [-0.3, -0.25) is 0 Å². The summed E-state index contributed by atoms with van der Waals surface area (Å²) < 4.78 is 13.5. The van der Waals surface area contributed by atoms with E-state index in [1.165, 1.54) is 16.5 Å². The Bertz CT molecular complexity index is 568. The zero-order valence-electron chi connectivity index (χ0n) is 11.2. The van der Waals surface area contributed by atoms with Crippen molar-refractivity contribution in [1.82, 2.24) is 0 Å². The molecule has 0 heterocycles. The maximum Gasteiger partial charge on any atom is 0.126 e. The van der Waals surface area contributed by atoms with Crippen LogP contribution < -0.4 is 5.73 Å². The SMILES string of the molecule is Cc1cccc(SCC(N)c2ccc(C)c(F)c2)c1. The number of benzene rings is 2. The average molecular weight is 275 g/mol. The van der Waals surface area contributed by atoms with E-state index in [0.29, 0.717) is 5.56 Å². The first-order valence-corrected chi connectivity index (χ1v) is 7.26. The molecule has 0 saturated heterocycles. The van der Waals surface area contributed by atoms with Crippen molar-refractivity contribution in [1.29, 1.82) is 0 Å². The maximum absolute atomic E-state index is 13.5. The van der Waals surface area contributed by atoms with Crippen molar-refractivity contribution >= 4 is 11.8 Å². The van der Waals surface area contributed by atoms with Crippen LogP contribution in [0, 0.1) is 19.7 Å². The lowest BCUT2D eigenvalue weighted by Crippen LogP contribution is -2.13. The second kappa shape index (κ2) is 6.22. The van der Waals surface area contributed by atoms with Gasteiger partial charge < -0.3 is 5.73 Å². The number of aryl methyl sites for hydroxylation is 2. The summed E-state index contributed by atoms with van der Waals surface area (Å²) in [4.78, 5) is 1.20. The Morgan fingerprint density at radius 2 is 1.95 bits per heavy atom. The van der Waals surface area contributed by atoms with E-state index < -0.39 is 0 Å². The summed E-state index contributed by atoms with van der Waals surface area (Å²) in [5, 5.41) is 0. The standard InChI is InChI=1S/C16H18FNS/c1-11-4-3-5-14(8-11)19-10-16(18)13-7-6-12(2)15(17)9-13/h3-9,16H,10,18H2,1-2H3. The van der Waals surface area contributed by atoms with Gasteiger partial charge in [0.15, 0.2) is 0 Å². The lowest BCUT2D eigenvalue weighted by molar-refractivity contribution is 0.613. The summed E-state index contributed by atoms with van der Waals surface area (Å²) >= 11 is 1.70. The Balaban J connectivity index is 2.01. The molecule has 100 valence electrons. The fourth-order valence-corrected chi connectivity index (χ4v) is 2.84. The molecule has 0 fully saturated rings. The maximum atomic E-state index is 13.5. The first-order chi connectivity index (χ1) is 9.06. The van der Waals surface area contributed by atoms with E-state index in [4.69, 9.17) is 5.73 Å². The van der Waals surface area contributed by atoms with Crippen LogP contribution in [0.2, 0.25) is 0 Å². The summed E-state index contributed by atoms with van der Waals surface area (Å²) in [7, 11) is 0. The van der Waals surface area contributed by atoms with Gasteiger partial charge in [-0.2, -0.15) is 0 Å². The molecule has 0 radical (unpaired) electrons. The van der Waals surface area contributed by atoms with Crippen molar-refractivity contribution in [2.75, 3.05) is 5.75 Å². The zero-order valence-corrected chi connectivity index (χ0v) is 12.0. The minimum Gasteiger partial charge on any atom is -0.323 e. The minimum absolute atomic E-state index is 0.152. The molecule has 0 aromatic heterocycles. The van der Waals surface area contributed by atoms with Gasteiger partial charge in [-0.1, -0.05) is 29.8 Å². The average Bonchev–Trinajstić information content (AvgIpc) is 2.39. The van der Waals surface area contributed by atoms with E-state index in [0.717, 1.165) is 11.3 Å². The predicted molar refractivity (Wildman–Crippen MR) is 80.0 cm³/mol. The molecule has 0 aliphatic heterocycles. The predicted octanol–water partition coefficient (Wildman–Crippen LogP) is 4.23. The number of hydrogen-bond donors (Lipinski definition) is 1. The monoisotopic (exact) mass is 275 g/mol. The molecule has 2 aromatic carbocycles. The molecule has 19 heavy (non-hydrogen) atoms. The summed E-state index contributed by atoms with van der Waals surface area (Å²) in [6, 6.07) is 13.4. The molecule has 1 nitrogen and oxygen atoms in total. The van der Waals surface area contributed by atoms with E-state index in [-0.39, 0.29) is 11.9 Å². The Labute approximate surface area is 118 Å². The van der Waals surface area contributed by atoms with Crippen molar-refractivity contribution in [2.24, 2.45) is 5.73 Å². The quantitative estimate of drug-likeness (QED) is 0.845. The largest absolute Gasteiger partial charge is 0.323 e. The van der Waals surface area contributed by atoms with E-state index in [1.807, 2.05) is 12.1 Å². The van der Waals surface area contributed by atoms with Crippen molar-refractivity contribution in [3.63, 3.8) is 0 Å². The molecule has 0 bridgehead atoms. The van der Waals surface area contributed by atoms with Crippen LogP contribution in [0.1, 0.15) is 22.7 Å². The first kappa shape index (κ1) is 14.1. The highest BCUT2D eigenvalue weighted by molar-refractivity contribution is 7.99. The van der Waals surface area contributed by atoms with E-state index >= 15 is 0 Å². The van der Waals surface area contributed by atoms with Crippen molar-refractivity contribution in [2.45, 2.75) is 24.8 Å². The van der Waals surface area contributed by atoms with Gasteiger partial charge in [0, 0.05) is 16.7 Å². The van der Waals surface area contributed by atoms with E-state index in [1.54, 1.807) is 24.8 Å². The molecule has 1 unspecified atom stereocenters. The smallest absolute Gasteiger partial charge is 0.126 e. The van der Waals surface area contributed by atoms with Crippen molar-refractivity contribution in [3.8, 4) is 0 Å². The van der Waals surface area contributed by atoms with Gasteiger partial charge in [0.2, 0.25) is 0 Å². The highest BCUT2D eigenvalue weighted by Crippen LogP contribution is 2.24. The molecule has 2 N–H and O–H groups in total. The van der Waals surface area contributed by atoms with Crippen LogP contribution in [0.5, 0.6) is 0 Å². The van der Waals surface area contributed by atoms with Gasteiger partial charge in [0.05, 0.1) is 0 Å². The number of rotatable bonds is 4. The summed E-state index contributed by atoms with van der Waals surface area (Å²) in [5.74, 6) is 0.555. The van der Waals surface area contributed by atoms with E-state index in [9.17, 15) is 4.39 Å². The highest BCUT2D eigenvalue weighted by atomic mass is 32.2. The van der Waals surface area contributed by atoms with Gasteiger partial charge in [-0.15, -0.1) is 11.8 Å². The first-order valence-electron chi connectivity index (χ1n) is 6.27. The van der Waals surface area contributed by atoms with Crippen molar-refractivity contribution < 1.29 is 4.39 Å². The zero-order chi connectivity index (χ0) is 13.8. The third-order valence-corrected chi connectivity index (χ3v) is 4.16. The molecule has 0 saturated carbocycles. The van der Waals surface area contributed by atoms with Gasteiger partial charge >= 0.3 is 0 Å². The lowest BCUT2D eigenvalue weighted by atomic mass is 10.1. The second-order valence-electron chi connectivity index (χ2n) is 4.74. The molecule has 2 rings (SSSR count). The fraction of sp³-hybridized carbons (Fsp3) is 0.250. The number of thioether (sulfide) groups is 1. The van der Waals surface area contributed by atoms with Crippen LogP contribution in [0.15, 0.2) is 47.4 Å². The van der Waals surface area contributed by atoms with Gasteiger partial charge in [-0.25, -0.2) is 4.39 Å². The normalized spacial score (nSPS) is 12.4. The Morgan fingerprint density at radius 3 is 2.63 bits per heavy atom. The lowest BCUT2D eigenvalue weighted by Gasteiger charge is -2.12. The van der Waals surface area contributed by atoms with Crippen LogP contribution >= 0.6 is 11.8 Å². The highest BCUT2D eigenvalue weighted by Gasteiger charge is 2.09. The molecule has 2 aromatic rings. The summed E-state index contributed by atoms with van der Waals surface area (Å²) in [6.07, 6.45) is 0. The molecule has 1 atom stereocenters. The number of nitrogens with two attached hydrogens (primary N) is 1. The van der Waals surface area contributed by atoms with Gasteiger partial charge in [0.1, 0.15) is 5.82 Å². The molecule has 0 aliphatic rings. The molecule has 0 amide bonds. The number of halogens is 1. The van der Waals surface area contributed by atoms with Gasteiger partial charge in [0.25, 0.3) is 0 Å². The third kappa shape index (κ3) is 3.82. The van der Waals surface area contributed by atoms with Gasteiger partial charge in [-0.05, 0) is 43.2 Å². The van der Waals surface area contributed by atoms with Crippen molar-refractivity contribution in [3.05, 3.63) is 65.0 Å². The summed E-state index contributed by atoms with van der Waals surface area (Å²) in [5.41, 5.74) is 8.85. The minimum atomic E-state index is -0.187. The fourth-order valence-electron chi connectivity index (χ4n) is 1.83. The number of hydrogen-bond acceptors (Lipinski definition) is 2. The molecule has 0 aliphatic carbocycles. The van der Waals surface area contributed by atoms with Crippen LogP contribution in [-0.4, -0.2) is 5.75 Å². The molecule has 0 spiro atoms. The topological polar surface area (TPSA) is 26.0 Å². The molecule has 3 heteroatoms. The Kier molecular flexibility index (Phi) is 4.61. The second-order valence-corrected chi connectivity index (χ2v) is 5.84. The summed E-state index contributed by atoms with van der Waals surface area (Å²) in [6.45, 7) is 3.82. The third-order valence-electron chi connectivity index (χ3n) is 3.04. The Morgan fingerprint density at radius 1 is 1.16 bits per heavy atom. The van der Waals surface area contributed by atoms with E-state index in [2.05, 4.69) is 25.1 Å². The van der Waals surface area contributed by atoms with Crippen LogP contribution in [0.4, 0.5) is 4.39 Å². The van der Waals surface area contributed by atoms with Crippen LogP contribution in [-0.2, 0) is 0 Å².